The Morgan fingerprint density at radius 3 is 2.67 bits per heavy atom. The molecule has 3 nitrogen and oxygen atoms in total. The number of phenols is 2. The van der Waals surface area contributed by atoms with Gasteiger partial charge in [-0.15, -0.1) is 11.3 Å². The summed E-state index contributed by atoms with van der Waals surface area (Å²) < 4.78 is 0. The van der Waals surface area contributed by atoms with Gasteiger partial charge in [0, 0.05) is 10.9 Å². The Morgan fingerprint density at radius 2 is 2.07 bits per heavy atom. The van der Waals surface area contributed by atoms with Gasteiger partial charge in [-0.3, -0.25) is 0 Å². The molecule has 1 heterocycles. The number of benzene rings is 1. The number of aromatic hydroxyl groups is 2. The maximum absolute atomic E-state index is 9.35. The fourth-order valence-corrected chi connectivity index (χ4v) is 2.04. The molecule has 0 atom stereocenters. The fraction of sp³-hybridized carbons (Fsp3) is 0.182. The zero-order valence-corrected chi connectivity index (χ0v) is 9.08. The molecule has 2 N–H and O–H groups in total. The minimum Gasteiger partial charge on any atom is -0.504 e. The van der Waals surface area contributed by atoms with Gasteiger partial charge in [0.25, 0.3) is 0 Å². The van der Waals surface area contributed by atoms with Crippen molar-refractivity contribution in [2.75, 3.05) is 0 Å². The number of aryl methyl sites for hydroxylation is 1. The highest BCUT2D eigenvalue weighted by molar-refractivity contribution is 7.09. The zero-order valence-electron chi connectivity index (χ0n) is 8.27. The van der Waals surface area contributed by atoms with Gasteiger partial charge in [-0.2, -0.15) is 0 Å². The van der Waals surface area contributed by atoms with E-state index in [1.807, 2.05) is 5.38 Å². The lowest BCUT2D eigenvalue weighted by molar-refractivity contribution is 0.404. The molecule has 0 spiro atoms. The second-order valence-corrected chi connectivity index (χ2v) is 4.13. The summed E-state index contributed by atoms with van der Waals surface area (Å²) in [4.78, 5) is 4.40. The Balaban J connectivity index is 2.40. The molecule has 0 radical (unpaired) electrons. The maximum Gasteiger partial charge on any atom is 0.158 e. The molecule has 0 aliphatic rings. The van der Waals surface area contributed by atoms with Crippen LogP contribution in [0.2, 0.25) is 0 Å². The van der Waals surface area contributed by atoms with Crippen molar-refractivity contribution in [1.29, 1.82) is 0 Å². The minimum absolute atomic E-state index is 0.107. The van der Waals surface area contributed by atoms with E-state index in [0.29, 0.717) is 0 Å². The first-order valence-corrected chi connectivity index (χ1v) is 5.55. The Morgan fingerprint density at radius 1 is 1.27 bits per heavy atom. The minimum atomic E-state index is -0.112. The molecule has 0 fully saturated rings. The van der Waals surface area contributed by atoms with Crippen LogP contribution in [0, 0.1) is 0 Å². The number of hydrogen-bond donors (Lipinski definition) is 2. The highest BCUT2D eigenvalue weighted by Crippen LogP contribution is 2.30. The zero-order chi connectivity index (χ0) is 10.8. The van der Waals surface area contributed by atoms with E-state index in [1.165, 1.54) is 12.1 Å². The van der Waals surface area contributed by atoms with Crippen molar-refractivity contribution in [2.24, 2.45) is 0 Å². The lowest BCUT2D eigenvalue weighted by atomic mass is 10.1. The average Bonchev–Trinajstić information content (AvgIpc) is 2.70. The Labute approximate surface area is 91.7 Å². The van der Waals surface area contributed by atoms with Crippen molar-refractivity contribution in [3.8, 4) is 22.8 Å². The van der Waals surface area contributed by atoms with E-state index in [0.717, 1.165) is 22.7 Å². The van der Waals surface area contributed by atoms with Gasteiger partial charge in [0.05, 0.1) is 10.7 Å². The van der Waals surface area contributed by atoms with Crippen LogP contribution in [0.4, 0.5) is 0 Å². The summed E-state index contributed by atoms with van der Waals surface area (Å²) in [5.41, 5.74) is 1.66. The monoisotopic (exact) mass is 221 g/mol. The molecule has 0 saturated heterocycles. The number of aromatic nitrogens is 1. The SMILES string of the molecule is CCc1nc(-c2ccc(O)c(O)c2)cs1. The van der Waals surface area contributed by atoms with Crippen molar-refractivity contribution < 1.29 is 10.2 Å². The van der Waals surface area contributed by atoms with E-state index >= 15 is 0 Å². The molecule has 2 rings (SSSR count). The molecule has 0 aliphatic heterocycles. The highest BCUT2D eigenvalue weighted by Gasteiger charge is 2.06. The van der Waals surface area contributed by atoms with Gasteiger partial charge in [-0.05, 0) is 24.6 Å². The van der Waals surface area contributed by atoms with E-state index in [9.17, 15) is 10.2 Å². The summed E-state index contributed by atoms with van der Waals surface area (Å²) >= 11 is 1.60. The number of rotatable bonds is 2. The lowest BCUT2D eigenvalue weighted by Crippen LogP contribution is -1.80. The quantitative estimate of drug-likeness (QED) is 0.767. The van der Waals surface area contributed by atoms with Crippen LogP contribution in [0.1, 0.15) is 11.9 Å². The normalized spacial score (nSPS) is 10.5. The van der Waals surface area contributed by atoms with Crippen molar-refractivity contribution in [3.05, 3.63) is 28.6 Å². The van der Waals surface area contributed by atoms with Gasteiger partial charge >= 0.3 is 0 Å². The van der Waals surface area contributed by atoms with E-state index < -0.39 is 0 Å². The first kappa shape index (κ1) is 9.98. The predicted molar refractivity (Wildman–Crippen MR) is 60.3 cm³/mol. The van der Waals surface area contributed by atoms with Gasteiger partial charge < -0.3 is 10.2 Å². The molecule has 1 aromatic heterocycles. The predicted octanol–water partition coefficient (Wildman–Crippen LogP) is 2.78. The molecule has 78 valence electrons. The molecule has 0 amide bonds. The maximum atomic E-state index is 9.35. The van der Waals surface area contributed by atoms with Crippen molar-refractivity contribution in [2.45, 2.75) is 13.3 Å². The Hall–Kier alpha value is -1.55. The van der Waals surface area contributed by atoms with E-state index in [-0.39, 0.29) is 11.5 Å². The van der Waals surface area contributed by atoms with Gasteiger partial charge in [-0.25, -0.2) is 4.98 Å². The van der Waals surface area contributed by atoms with Crippen LogP contribution >= 0.6 is 11.3 Å². The smallest absolute Gasteiger partial charge is 0.158 e. The summed E-state index contributed by atoms with van der Waals surface area (Å²) in [6, 6.07) is 4.73. The van der Waals surface area contributed by atoms with Crippen LogP contribution in [-0.2, 0) is 6.42 Å². The molecule has 2 aromatic rings. The number of phenolic OH excluding ortho intramolecular Hbond substituents is 2. The second-order valence-electron chi connectivity index (χ2n) is 3.18. The van der Waals surface area contributed by atoms with Gasteiger partial charge in [0.2, 0.25) is 0 Å². The van der Waals surface area contributed by atoms with Gasteiger partial charge in [0.15, 0.2) is 11.5 Å². The summed E-state index contributed by atoms with van der Waals surface area (Å²) in [6.07, 6.45) is 0.911. The number of thiazole rings is 1. The second kappa shape index (κ2) is 3.90. The Bertz CT molecular complexity index is 479. The molecule has 0 aliphatic carbocycles. The van der Waals surface area contributed by atoms with E-state index in [2.05, 4.69) is 11.9 Å². The molecule has 0 bridgehead atoms. The first-order chi connectivity index (χ1) is 7.20. The van der Waals surface area contributed by atoms with Crippen LogP contribution in [0.3, 0.4) is 0 Å². The summed E-state index contributed by atoms with van der Waals surface area (Å²) in [7, 11) is 0. The largest absolute Gasteiger partial charge is 0.504 e. The van der Waals surface area contributed by atoms with Gasteiger partial charge in [0.1, 0.15) is 0 Å². The van der Waals surface area contributed by atoms with E-state index in [4.69, 9.17) is 0 Å². The molecule has 1 aromatic carbocycles. The molecule has 15 heavy (non-hydrogen) atoms. The third-order valence-electron chi connectivity index (χ3n) is 2.13. The van der Waals surface area contributed by atoms with E-state index in [1.54, 1.807) is 17.4 Å². The van der Waals surface area contributed by atoms with Crippen LogP contribution in [0.25, 0.3) is 11.3 Å². The highest BCUT2D eigenvalue weighted by atomic mass is 32.1. The summed E-state index contributed by atoms with van der Waals surface area (Å²) in [5, 5.41) is 21.5. The third kappa shape index (κ3) is 1.94. The number of nitrogens with zero attached hydrogens (tertiary/aromatic N) is 1. The standard InChI is InChI=1S/C11H11NO2S/c1-2-11-12-8(6-15-11)7-3-4-9(13)10(14)5-7/h3-6,13-14H,2H2,1H3. The van der Waals surface area contributed by atoms with Crippen molar-refractivity contribution >= 4 is 11.3 Å². The van der Waals surface area contributed by atoms with Crippen molar-refractivity contribution in [3.63, 3.8) is 0 Å². The van der Waals surface area contributed by atoms with Crippen molar-refractivity contribution in [1.82, 2.24) is 4.98 Å². The first-order valence-electron chi connectivity index (χ1n) is 4.67. The van der Waals surface area contributed by atoms with Crippen LogP contribution in [0.15, 0.2) is 23.6 Å². The molecule has 0 unspecified atom stereocenters. The summed E-state index contributed by atoms with van der Waals surface area (Å²) in [5.74, 6) is -0.219. The van der Waals surface area contributed by atoms with Crippen LogP contribution in [-0.4, -0.2) is 15.2 Å². The molecule has 0 saturated carbocycles. The lowest BCUT2D eigenvalue weighted by Gasteiger charge is -1.99. The average molecular weight is 221 g/mol. The third-order valence-corrected chi connectivity index (χ3v) is 3.12. The summed E-state index contributed by atoms with van der Waals surface area (Å²) in [6.45, 7) is 2.05. The molecular formula is C11H11NO2S. The molecule has 4 heteroatoms. The topological polar surface area (TPSA) is 53.4 Å². The Kier molecular flexibility index (Phi) is 2.60. The molecular weight excluding hydrogens is 210 g/mol. The van der Waals surface area contributed by atoms with Gasteiger partial charge in [-0.1, -0.05) is 6.92 Å². The number of hydrogen-bond acceptors (Lipinski definition) is 4. The fourth-order valence-electron chi connectivity index (χ4n) is 1.29. The van der Waals surface area contributed by atoms with Crippen LogP contribution in [0.5, 0.6) is 11.5 Å². The van der Waals surface area contributed by atoms with Crippen LogP contribution < -0.4 is 0 Å².